The lowest BCUT2D eigenvalue weighted by Crippen LogP contribution is -2.16. The predicted octanol–water partition coefficient (Wildman–Crippen LogP) is 2.73. The van der Waals surface area contributed by atoms with Crippen LogP contribution in [0, 0.1) is 0 Å². The molecular formula is C15H27N3. The maximum atomic E-state index is 4.28. The maximum absolute atomic E-state index is 4.28. The highest BCUT2D eigenvalue weighted by molar-refractivity contribution is 5.02. The zero-order valence-corrected chi connectivity index (χ0v) is 11.6. The first-order valence-electron chi connectivity index (χ1n) is 7.25. The third-order valence-corrected chi connectivity index (χ3v) is 2.92. The molecule has 0 aliphatic carbocycles. The summed E-state index contributed by atoms with van der Waals surface area (Å²) in [7, 11) is 0. The summed E-state index contributed by atoms with van der Waals surface area (Å²) in [5.41, 5.74) is 1.13. The van der Waals surface area contributed by atoms with E-state index in [9.17, 15) is 0 Å². The Balaban J connectivity index is 1.82. The van der Waals surface area contributed by atoms with Gasteiger partial charge in [0.25, 0.3) is 0 Å². The summed E-state index contributed by atoms with van der Waals surface area (Å²) < 4.78 is 0. The highest BCUT2D eigenvalue weighted by Crippen LogP contribution is 1.98. The molecule has 0 saturated heterocycles. The number of rotatable bonds is 11. The molecule has 0 atom stereocenters. The van der Waals surface area contributed by atoms with E-state index in [1.54, 1.807) is 0 Å². The summed E-state index contributed by atoms with van der Waals surface area (Å²) in [5.74, 6) is 0. The van der Waals surface area contributed by atoms with Gasteiger partial charge in [-0.3, -0.25) is 4.98 Å². The van der Waals surface area contributed by atoms with Crippen LogP contribution in [0.5, 0.6) is 0 Å². The first-order chi connectivity index (χ1) is 8.93. The van der Waals surface area contributed by atoms with Crippen LogP contribution >= 0.6 is 0 Å². The van der Waals surface area contributed by atoms with Crippen LogP contribution in [0.25, 0.3) is 0 Å². The fourth-order valence-corrected chi connectivity index (χ4v) is 1.87. The normalized spacial score (nSPS) is 10.7. The second kappa shape index (κ2) is 11.2. The molecule has 0 aliphatic rings. The molecule has 0 spiro atoms. The minimum Gasteiger partial charge on any atom is -0.317 e. The van der Waals surface area contributed by atoms with Crippen molar-refractivity contribution in [3.8, 4) is 0 Å². The minimum atomic E-state index is 0.888. The maximum Gasteiger partial charge on any atom is 0.0541 e. The summed E-state index contributed by atoms with van der Waals surface area (Å²) >= 11 is 0. The van der Waals surface area contributed by atoms with Gasteiger partial charge in [-0.05, 0) is 51.0 Å². The fourth-order valence-electron chi connectivity index (χ4n) is 1.87. The van der Waals surface area contributed by atoms with Gasteiger partial charge < -0.3 is 10.6 Å². The second-order valence-corrected chi connectivity index (χ2v) is 4.66. The summed E-state index contributed by atoms with van der Waals surface area (Å²) in [5, 5.41) is 6.87. The standard InChI is InChI=1S/C15H27N3/c1-2-10-16-11-6-3-4-7-12-17-14-15-9-5-8-13-18-15/h5,8-9,13,16-17H,2-4,6-7,10-12,14H2,1H3. The van der Waals surface area contributed by atoms with Crippen LogP contribution in [0.4, 0.5) is 0 Å². The molecule has 0 radical (unpaired) electrons. The van der Waals surface area contributed by atoms with E-state index in [4.69, 9.17) is 0 Å². The van der Waals surface area contributed by atoms with E-state index in [1.165, 1.54) is 38.6 Å². The molecule has 1 rings (SSSR count). The molecule has 1 heterocycles. The zero-order chi connectivity index (χ0) is 12.9. The molecule has 1 aromatic heterocycles. The van der Waals surface area contributed by atoms with Crippen LogP contribution in [-0.4, -0.2) is 24.6 Å². The van der Waals surface area contributed by atoms with Gasteiger partial charge in [0.05, 0.1) is 5.69 Å². The van der Waals surface area contributed by atoms with Crippen molar-refractivity contribution >= 4 is 0 Å². The van der Waals surface area contributed by atoms with E-state index in [2.05, 4.69) is 28.6 Å². The van der Waals surface area contributed by atoms with E-state index < -0.39 is 0 Å². The second-order valence-electron chi connectivity index (χ2n) is 4.66. The first kappa shape index (κ1) is 15.1. The van der Waals surface area contributed by atoms with E-state index in [1.807, 2.05) is 18.3 Å². The first-order valence-corrected chi connectivity index (χ1v) is 7.25. The molecule has 0 saturated carbocycles. The molecule has 3 heteroatoms. The Hall–Kier alpha value is -0.930. The molecule has 0 bridgehead atoms. The van der Waals surface area contributed by atoms with Crippen LogP contribution in [0.2, 0.25) is 0 Å². The van der Waals surface area contributed by atoms with Crippen molar-refractivity contribution < 1.29 is 0 Å². The molecule has 1 aromatic rings. The van der Waals surface area contributed by atoms with E-state index >= 15 is 0 Å². The Bertz CT molecular complexity index is 274. The quantitative estimate of drug-likeness (QED) is 0.592. The molecule has 18 heavy (non-hydrogen) atoms. The Labute approximate surface area is 111 Å². The average molecular weight is 249 g/mol. The fraction of sp³-hybridized carbons (Fsp3) is 0.667. The molecular weight excluding hydrogens is 222 g/mol. The molecule has 0 fully saturated rings. The number of hydrogen-bond acceptors (Lipinski definition) is 3. The van der Waals surface area contributed by atoms with Gasteiger partial charge in [-0.15, -0.1) is 0 Å². The van der Waals surface area contributed by atoms with Gasteiger partial charge in [0.1, 0.15) is 0 Å². The Kier molecular flexibility index (Phi) is 9.39. The van der Waals surface area contributed by atoms with Crippen molar-refractivity contribution in [3.63, 3.8) is 0 Å². The lowest BCUT2D eigenvalue weighted by Gasteiger charge is -2.05. The molecule has 2 N–H and O–H groups in total. The van der Waals surface area contributed by atoms with Gasteiger partial charge in [-0.1, -0.05) is 25.8 Å². The van der Waals surface area contributed by atoms with E-state index in [0.717, 1.165) is 25.3 Å². The monoisotopic (exact) mass is 249 g/mol. The van der Waals surface area contributed by atoms with E-state index in [0.29, 0.717) is 0 Å². The van der Waals surface area contributed by atoms with Crippen LogP contribution < -0.4 is 10.6 Å². The third-order valence-electron chi connectivity index (χ3n) is 2.92. The van der Waals surface area contributed by atoms with Crippen LogP contribution in [-0.2, 0) is 6.54 Å². The number of nitrogens with one attached hydrogen (secondary N) is 2. The average Bonchev–Trinajstić information content (AvgIpc) is 2.42. The third kappa shape index (κ3) is 8.20. The van der Waals surface area contributed by atoms with Gasteiger partial charge in [0.2, 0.25) is 0 Å². The highest BCUT2D eigenvalue weighted by atomic mass is 14.9. The predicted molar refractivity (Wildman–Crippen MR) is 77.6 cm³/mol. The molecule has 102 valence electrons. The molecule has 0 unspecified atom stereocenters. The largest absolute Gasteiger partial charge is 0.317 e. The van der Waals surface area contributed by atoms with Crippen LogP contribution in [0.15, 0.2) is 24.4 Å². The summed E-state index contributed by atoms with van der Waals surface area (Å²) in [6, 6.07) is 6.05. The van der Waals surface area contributed by atoms with Crippen molar-refractivity contribution in [1.29, 1.82) is 0 Å². The molecule has 0 aliphatic heterocycles. The number of pyridine rings is 1. The minimum absolute atomic E-state index is 0.888. The van der Waals surface area contributed by atoms with Gasteiger partial charge in [0, 0.05) is 12.7 Å². The van der Waals surface area contributed by atoms with Crippen molar-refractivity contribution in [2.75, 3.05) is 19.6 Å². The van der Waals surface area contributed by atoms with Crippen molar-refractivity contribution in [3.05, 3.63) is 30.1 Å². The van der Waals surface area contributed by atoms with Crippen molar-refractivity contribution in [2.45, 2.75) is 45.6 Å². The topological polar surface area (TPSA) is 37.0 Å². The molecule has 3 nitrogen and oxygen atoms in total. The summed E-state index contributed by atoms with van der Waals surface area (Å²) in [4.78, 5) is 4.28. The van der Waals surface area contributed by atoms with Crippen molar-refractivity contribution in [1.82, 2.24) is 15.6 Å². The summed E-state index contributed by atoms with van der Waals surface area (Å²) in [6.07, 6.45) is 8.31. The SMILES string of the molecule is CCCNCCCCCCNCc1ccccn1. The lowest BCUT2D eigenvalue weighted by molar-refractivity contribution is 0.560. The Morgan fingerprint density at radius 1 is 0.944 bits per heavy atom. The van der Waals surface area contributed by atoms with Gasteiger partial charge in [-0.25, -0.2) is 0 Å². The van der Waals surface area contributed by atoms with Crippen LogP contribution in [0.3, 0.4) is 0 Å². The molecule has 0 aromatic carbocycles. The number of nitrogens with zero attached hydrogens (tertiary/aromatic N) is 1. The zero-order valence-electron chi connectivity index (χ0n) is 11.6. The highest BCUT2D eigenvalue weighted by Gasteiger charge is 1.93. The smallest absolute Gasteiger partial charge is 0.0541 e. The summed E-state index contributed by atoms with van der Waals surface area (Å²) in [6.45, 7) is 6.53. The van der Waals surface area contributed by atoms with Gasteiger partial charge in [0.15, 0.2) is 0 Å². The van der Waals surface area contributed by atoms with Crippen molar-refractivity contribution in [2.24, 2.45) is 0 Å². The van der Waals surface area contributed by atoms with E-state index in [-0.39, 0.29) is 0 Å². The Morgan fingerprint density at radius 2 is 1.72 bits per heavy atom. The van der Waals surface area contributed by atoms with Gasteiger partial charge in [-0.2, -0.15) is 0 Å². The number of aromatic nitrogens is 1. The number of hydrogen-bond donors (Lipinski definition) is 2. The Morgan fingerprint density at radius 3 is 2.39 bits per heavy atom. The van der Waals surface area contributed by atoms with Gasteiger partial charge >= 0.3 is 0 Å². The van der Waals surface area contributed by atoms with Crippen LogP contribution in [0.1, 0.15) is 44.7 Å². The number of unbranched alkanes of at least 4 members (excludes halogenated alkanes) is 3. The molecule has 0 amide bonds. The lowest BCUT2D eigenvalue weighted by atomic mass is 10.2.